The Kier molecular flexibility index (Phi) is 6.00. The molecule has 0 saturated carbocycles. The van der Waals surface area contributed by atoms with E-state index >= 15 is 0 Å². The van der Waals surface area contributed by atoms with Gasteiger partial charge in [0, 0.05) is 26.3 Å². The van der Waals surface area contributed by atoms with Crippen LogP contribution in [0.4, 0.5) is 10.2 Å². The van der Waals surface area contributed by atoms with E-state index in [2.05, 4.69) is 15.4 Å². The van der Waals surface area contributed by atoms with E-state index < -0.39 is 23.2 Å². The molecule has 3 aromatic heterocycles. The number of ether oxygens (including phenoxy) is 1. The minimum atomic E-state index is -0.560. The summed E-state index contributed by atoms with van der Waals surface area (Å²) in [5, 5.41) is 6.80. The van der Waals surface area contributed by atoms with Crippen LogP contribution in [0, 0.1) is 5.82 Å². The van der Waals surface area contributed by atoms with Gasteiger partial charge in [0.2, 0.25) is 5.91 Å². The number of fused-ring (bicyclic) bond motifs is 2. The molecule has 0 bridgehead atoms. The second-order valence-corrected chi connectivity index (χ2v) is 8.81. The van der Waals surface area contributed by atoms with Crippen LogP contribution in [0.1, 0.15) is 39.9 Å². The first-order valence-corrected chi connectivity index (χ1v) is 11.4. The van der Waals surface area contributed by atoms with Crippen LogP contribution in [-0.2, 0) is 22.6 Å². The molecule has 0 radical (unpaired) electrons. The largest absolute Gasteiger partial charge is 0.383 e. The lowest BCUT2D eigenvalue weighted by Gasteiger charge is -2.29. The Labute approximate surface area is 204 Å². The molecule has 2 aliphatic heterocycles. The Morgan fingerprint density at radius 2 is 2.03 bits per heavy atom. The summed E-state index contributed by atoms with van der Waals surface area (Å²) in [5.74, 6) is -1.74. The van der Waals surface area contributed by atoms with E-state index in [-0.39, 0.29) is 60.1 Å². The predicted octanol–water partition coefficient (Wildman–Crippen LogP) is 0.505. The molecule has 1 unspecified atom stereocenters. The van der Waals surface area contributed by atoms with E-state index in [1.165, 1.54) is 28.7 Å². The first-order chi connectivity index (χ1) is 17.3. The minimum Gasteiger partial charge on any atom is -0.383 e. The first-order valence-electron chi connectivity index (χ1n) is 11.4. The Morgan fingerprint density at radius 3 is 2.67 bits per heavy atom. The number of nitrogens with zero attached hydrogens (tertiary/aromatic N) is 6. The molecule has 3 aromatic rings. The number of carbonyl (C=O) groups is 3. The van der Waals surface area contributed by atoms with Crippen LogP contribution < -0.4 is 10.9 Å². The molecule has 1 N–H and O–H groups in total. The van der Waals surface area contributed by atoms with Crippen molar-refractivity contribution in [2.45, 2.75) is 32.5 Å². The normalized spacial score (nSPS) is 15.7. The van der Waals surface area contributed by atoms with Crippen molar-refractivity contribution >= 4 is 29.2 Å². The molecule has 0 aliphatic carbocycles. The van der Waals surface area contributed by atoms with Gasteiger partial charge in [-0.15, -0.1) is 0 Å². The molecule has 36 heavy (non-hydrogen) atoms. The van der Waals surface area contributed by atoms with Crippen molar-refractivity contribution in [1.82, 2.24) is 29.0 Å². The first kappa shape index (κ1) is 23.6. The standard InChI is InChI=1S/C23H24FN7O5/c1-13(12-36-2)29-10-15-20(23(29)35)30(11-18(32)26-17-5-4-14(24)9-25-17)19-8-16(27-31(19)21(15)33)22(34)28-6-3-7-28/h4-5,8-9,13H,3,6-7,10-12H2,1-2H3,(H,25,26,32). The molecule has 12 nitrogen and oxygen atoms in total. The van der Waals surface area contributed by atoms with Crippen molar-refractivity contribution in [3.63, 3.8) is 0 Å². The third-order valence-corrected chi connectivity index (χ3v) is 6.36. The molecule has 1 fully saturated rings. The van der Waals surface area contributed by atoms with Crippen LogP contribution in [0.5, 0.6) is 0 Å². The van der Waals surface area contributed by atoms with E-state index in [1.807, 2.05) is 0 Å². The maximum Gasteiger partial charge on any atom is 0.280 e. The number of aromatic nitrogens is 4. The third-order valence-electron chi connectivity index (χ3n) is 6.36. The van der Waals surface area contributed by atoms with Gasteiger partial charge in [0.1, 0.15) is 29.5 Å². The number of halogens is 1. The van der Waals surface area contributed by atoms with Gasteiger partial charge in [-0.1, -0.05) is 0 Å². The quantitative estimate of drug-likeness (QED) is 0.503. The number of anilines is 1. The maximum absolute atomic E-state index is 13.4. The summed E-state index contributed by atoms with van der Waals surface area (Å²) in [7, 11) is 1.52. The van der Waals surface area contributed by atoms with Crippen LogP contribution in [0.3, 0.4) is 0 Å². The second-order valence-electron chi connectivity index (χ2n) is 8.81. The Morgan fingerprint density at radius 1 is 1.25 bits per heavy atom. The fourth-order valence-electron chi connectivity index (χ4n) is 4.39. The van der Waals surface area contributed by atoms with E-state index in [9.17, 15) is 23.6 Å². The van der Waals surface area contributed by atoms with Gasteiger partial charge in [-0.3, -0.25) is 19.2 Å². The van der Waals surface area contributed by atoms with Crippen LogP contribution in [-0.4, -0.2) is 79.5 Å². The number of pyridine rings is 1. The highest BCUT2D eigenvalue weighted by Gasteiger charge is 2.38. The topological polar surface area (TPSA) is 131 Å². The zero-order chi connectivity index (χ0) is 25.6. The van der Waals surface area contributed by atoms with Crippen molar-refractivity contribution < 1.29 is 23.5 Å². The summed E-state index contributed by atoms with van der Waals surface area (Å²) in [6, 6.07) is 3.55. The zero-order valence-corrected chi connectivity index (χ0v) is 19.7. The fourth-order valence-corrected chi connectivity index (χ4v) is 4.39. The lowest BCUT2D eigenvalue weighted by molar-refractivity contribution is -0.116. The molecule has 13 heteroatoms. The van der Waals surface area contributed by atoms with Gasteiger partial charge in [0.05, 0.1) is 31.0 Å². The number of hydrogen-bond acceptors (Lipinski definition) is 7. The van der Waals surface area contributed by atoms with Gasteiger partial charge in [-0.05, 0) is 25.5 Å². The van der Waals surface area contributed by atoms with Gasteiger partial charge in [-0.25, -0.2) is 9.37 Å². The van der Waals surface area contributed by atoms with E-state index in [4.69, 9.17) is 4.74 Å². The van der Waals surface area contributed by atoms with Crippen molar-refractivity contribution in [3.8, 4) is 0 Å². The lowest BCUT2D eigenvalue weighted by atomic mass is 10.2. The molecule has 1 saturated heterocycles. The summed E-state index contributed by atoms with van der Waals surface area (Å²) in [6.45, 7) is 2.91. The van der Waals surface area contributed by atoms with Crippen LogP contribution in [0.15, 0.2) is 29.2 Å². The highest BCUT2D eigenvalue weighted by atomic mass is 19.1. The maximum atomic E-state index is 13.4. The van der Waals surface area contributed by atoms with E-state index in [0.717, 1.165) is 23.2 Å². The molecular weight excluding hydrogens is 473 g/mol. The number of rotatable bonds is 7. The monoisotopic (exact) mass is 497 g/mol. The summed E-state index contributed by atoms with van der Waals surface area (Å²) in [4.78, 5) is 59.4. The Hall–Kier alpha value is -4.13. The third kappa shape index (κ3) is 4.00. The van der Waals surface area contributed by atoms with Crippen LogP contribution in [0.25, 0.3) is 5.65 Å². The van der Waals surface area contributed by atoms with Crippen LogP contribution >= 0.6 is 0 Å². The SMILES string of the molecule is COCC(C)N1Cc2c(n(CC(=O)Nc3ccc(F)cn3)c3cc(C(=O)N4CCC4)nn3c2=O)C1=O. The van der Waals surface area contributed by atoms with Crippen molar-refractivity contribution in [2.75, 3.05) is 32.1 Å². The molecule has 5 rings (SSSR count). The smallest absolute Gasteiger partial charge is 0.280 e. The highest BCUT2D eigenvalue weighted by molar-refractivity contribution is 5.99. The molecule has 1 atom stereocenters. The Balaban J connectivity index is 1.58. The van der Waals surface area contributed by atoms with E-state index in [0.29, 0.717) is 13.1 Å². The molecule has 5 heterocycles. The van der Waals surface area contributed by atoms with E-state index in [1.54, 1.807) is 11.8 Å². The van der Waals surface area contributed by atoms with Crippen LogP contribution in [0.2, 0.25) is 0 Å². The van der Waals surface area contributed by atoms with Gasteiger partial charge >= 0.3 is 0 Å². The number of likely N-dealkylation sites (tertiary alicyclic amines) is 1. The van der Waals surface area contributed by atoms with Crippen molar-refractivity contribution in [3.05, 3.63) is 57.5 Å². The fraction of sp³-hybridized carbons (Fsp3) is 0.391. The number of carbonyl (C=O) groups excluding carboxylic acids is 3. The van der Waals surface area contributed by atoms with Gasteiger partial charge in [-0.2, -0.15) is 9.61 Å². The molecule has 188 valence electrons. The molecule has 0 aromatic carbocycles. The second kappa shape index (κ2) is 9.15. The van der Waals surface area contributed by atoms with Crippen molar-refractivity contribution in [1.29, 1.82) is 0 Å². The average Bonchev–Trinajstić information content (AvgIpc) is 3.40. The zero-order valence-electron chi connectivity index (χ0n) is 19.7. The highest BCUT2D eigenvalue weighted by Crippen LogP contribution is 2.25. The average molecular weight is 497 g/mol. The summed E-state index contributed by atoms with van der Waals surface area (Å²) in [5.41, 5.74) is -0.101. The summed E-state index contributed by atoms with van der Waals surface area (Å²) in [6.07, 6.45) is 1.86. The number of methoxy groups -OCH3 is 1. The number of nitrogens with one attached hydrogen (secondary N) is 1. The minimum absolute atomic E-state index is 0.0177. The van der Waals surface area contributed by atoms with Gasteiger partial charge in [0.25, 0.3) is 17.4 Å². The lowest BCUT2D eigenvalue weighted by Crippen LogP contribution is -2.42. The number of amides is 3. The van der Waals surface area contributed by atoms with Gasteiger partial charge < -0.3 is 24.4 Å². The number of hydrogen-bond donors (Lipinski definition) is 1. The summed E-state index contributed by atoms with van der Waals surface area (Å²) < 4.78 is 20.8. The Bertz CT molecular complexity index is 1430. The molecule has 0 spiro atoms. The predicted molar refractivity (Wildman–Crippen MR) is 124 cm³/mol. The van der Waals surface area contributed by atoms with Gasteiger partial charge in [0.15, 0.2) is 5.69 Å². The van der Waals surface area contributed by atoms with Crippen molar-refractivity contribution in [2.24, 2.45) is 0 Å². The molecule has 2 aliphatic rings. The molecule has 3 amide bonds. The molecular formula is C23H24FN7O5. The summed E-state index contributed by atoms with van der Waals surface area (Å²) >= 11 is 0.